The van der Waals surface area contributed by atoms with E-state index in [2.05, 4.69) is 0 Å². The van der Waals surface area contributed by atoms with Crippen molar-refractivity contribution >= 4 is 36.1 Å². The summed E-state index contributed by atoms with van der Waals surface area (Å²) in [4.78, 5) is 37.9. The second kappa shape index (κ2) is 16.1. The number of aliphatic hydroxyl groups excluding tert-OH is 3. The lowest BCUT2D eigenvalue weighted by atomic mass is 9.99. The molecule has 1 aliphatic rings. The first-order valence-electron chi connectivity index (χ1n) is 14.7. The third-order valence-electron chi connectivity index (χ3n) is 7.49. The number of hydrogen-bond donors (Lipinski definition) is 8. The van der Waals surface area contributed by atoms with Crippen LogP contribution in [0.5, 0.6) is 34.5 Å². The van der Waals surface area contributed by atoms with Crippen LogP contribution in [0, 0.1) is 0 Å². The van der Waals surface area contributed by atoms with Crippen molar-refractivity contribution < 1.29 is 78.9 Å². The number of aliphatic hydroxyl groups is 3. The van der Waals surface area contributed by atoms with E-state index in [1.165, 1.54) is 81.0 Å². The van der Waals surface area contributed by atoms with Crippen LogP contribution in [0.15, 0.2) is 54.6 Å². The van der Waals surface area contributed by atoms with E-state index in [0.717, 1.165) is 6.08 Å². The molecular formula is C34H34O16. The quantitative estimate of drug-likeness (QED) is 0.0574. The van der Waals surface area contributed by atoms with Gasteiger partial charge in [-0.25, -0.2) is 14.4 Å². The number of hydrogen-bond acceptors (Lipinski definition) is 15. The number of ether oxygens (including phenoxy) is 5. The Balaban J connectivity index is 1.61. The highest BCUT2D eigenvalue weighted by Crippen LogP contribution is 2.35. The van der Waals surface area contributed by atoms with Crippen molar-refractivity contribution in [2.24, 2.45) is 0 Å². The Morgan fingerprint density at radius 1 is 0.800 bits per heavy atom. The summed E-state index contributed by atoms with van der Waals surface area (Å²) in [6.45, 7) is 0. The van der Waals surface area contributed by atoms with Gasteiger partial charge in [0.1, 0.15) is 18.3 Å². The number of carboxylic acids is 1. The Hall–Kier alpha value is -5.81. The number of phenolic OH excluding ortho intramolecular Hbond substituents is 4. The van der Waals surface area contributed by atoms with Crippen molar-refractivity contribution in [2.75, 3.05) is 14.2 Å². The van der Waals surface area contributed by atoms with E-state index in [9.17, 15) is 55.2 Å². The molecule has 3 aromatic rings. The number of methoxy groups -OCH3 is 2. The molecule has 0 bridgehead atoms. The summed E-state index contributed by atoms with van der Waals surface area (Å²) in [5.74, 6) is -5.23. The Morgan fingerprint density at radius 3 is 2.16 bits per heavy atom. The van der Waals surface area contributed by atoms with E-state index in [-0.39, 0.29) is 46.5 Å². The van der Waals surface area contributed by atoms with Gasteiger partial charge >= 0.3 is 17.9 Å². The van der Waals surface area contributed by atoms with Crippen LogP contribution >= 0.6 is 0 Å². The average molecular weight is 699 g/mol. The van der Waals surface area contributed by atoms with Gasteiger partial charge in [-0.3, -0.25) is 0 Å². The van der Waals surface area contributed by atoms with Crippen molar-refractivity contribution in [1.82, 2.24) is 0 Å². The summed E-state index contributed by atoms with van der Waals surface area (Å²) < 4.78 is 25.9. The molecule has 0 aliphatic carbocycles. The molecule has 50 heavy (non-hydrogen) atoms. The van der Waals surface area contributed by atoms with Crippen molar-refractivity contribution in [1.29, 1.82) is 0 Å². The summed E-state index contributed by atoms with van der Waals surface area (Å²) in [5, 5.41) is 79.4. The summed E-state index contributed by atoms with van der Waals surface area (Å²) in [7, 11) is 2.59. The first-order valence-corrected chi connectivity index (χ1v) is 14.7. The lowest BCUT2D eigenvalue weighted by molar-refractivity contribution is -0.288. The molecule has 16 nitrogen and oxygen atoms in total. The Kier molecular flexibility index (Phi) is 11.9. The molecule has 1 fully saturated rings. The minimum atomic E-state index is -2.08. The Morgan fingerprint density at radius 2 is 1.50 bits per heavy atom. The summed E-state index contributed by atoms with van der Waals surface area (Å²) in [6.07, 6.45) is -7.22. The number of esters is 2. The summed E-state index contributed by atoms with van der Waals surface area (Å²) in [5.41, 5.74) is 1.38. The minimum Gasteiger partial charge on any atom is -0.504 e. The van der Waals surface area contributed by atoms with Gasteiger partial charge in [0.15, 0.2) is 40.6 Å². The first kappa shape index (κ1) is 37.0. The zero-order valence-electron chi connectivity index (χ0n) is 26.4. The highest BCUT2D eigenvalue weighted by molar-refractivity contribution is 5.91. The zero-order valence-corrected chi connectivity index (χ0v) is 26.4. The second-order valence-corrected chi connectivity index (χ2v) is 10.8. The highest BCUT2D eigenvalue weighted by Gasteiger charge is 2.49. The molecule has 1 unspecified atom stereocenters. The number of benzene rings is 3. The smallest absolute Gasteiger partial charge is 0.350 e. The molecule has 0 spiro atoms. The molecule has 3 aromatic carbocycles. The molecule has 4 rings (SSSR count). The average Bonchev–Trinajstić information content (AvgIpc) is 3.08. The van der Waals surface area contributed by atoms with Gasteiger partial charge in [-0.2, -0.15) is 0 Å². The Labute approximate surface area is 283 Å². The molecule has 1 heterocycles. The number of aliphatic carboxylic acids is 1. The number of carbonyl (C=O) groups is 3. The third kappa shape index (κ3) is 8.61. The van der Waals surface area contributed by atoms with Crippen molar-refractivity contribution in [3.8, 4) is 34.5 Å². The maximum absolute atomic E-state index is 13.3. The molecule has 1 saturated heterocycles. The van der Waals surface area contributed by atoms with Crippen LogP contribution < -0.4 is 9.47 Å². The van der Waals surface area contributed by atoms with Gasteiger partial charge < -0.3 is 64.5 Å². The molecule has 8 N–H and O–H groups in total. The predicted molar refractivity (Wildman–Crippen MR) is 171 cm³/mol. The fourth-order valence-corrected chi connectivity index (χ4v) is 4.87. The molecule has 6 atom stereocenters. The minimum absolute atomic E-state index is 0.0256. The molecular weight excluding hydrogens is 664 g/mol. The van der Waals surface area contributed by atoms with E-state index in [1.807, 2.05) is 0 Å². The molecule has 0 saturated carbocycles. The lowest BCUT2D eigenvalue weighted by Crippen LogP contribution is -2.61. The lowest BCUT2D eigenvalue weighted by Gasteiger charge is -2.38. The van der Waals surface area contributed by atoms with Gasteiger partial charge in [-0.1, -0.05) is 24.3 Å². The number of carbonyl (C=O) groups excluding carboxylic acids is 2. The van der Waals surface area contributed by atoms with Crippen LogP contribution in [0.3, 0.4) is 0 Å². The molecule has 0 amide bonds. The standard InChI is InChI=1S/C34H34O16/c1-46-24-14-17(5-10-21(24)36)15-25(33(45)50-34-29(42)27(40)28(41)31(49-34)32(43)44)48-26(39)12-7-18-6-11-22(37)30(47-2)19(18)8-3-16-4-9-20(35)23(38)13-16/h3-14,25,27-29,31,34-38,40-42H,15H2,1-2H3,(H,43,44)/b8-3+,12-7-/t25?,27-,28-,29+,31-,34+/m0/s1. The van der Waals surface area contributed by atoms with E-state index in [4.69, 9.17) is 23.7 Å². The van der Waals surface area contributed by atoms with E-state index >= 15 is 0 Å². The van der Waals surface area contributed by atoms with Crippen LogP contribution in [-0.4, -0.2) is 110 Å². The molecule has 0 aromatic heterocycles. The number of phenols is 4. The molecule has 1 aliphatic heterocycles. The van der Waals surface area contributed by atoms with Gasteiger partial charge in [0, 0.05) is 18.1 Å². The van der Waals surface area contributed by atoms with Crippen LogP contribution in [0.2, 0.25) is 0 Å². The zero-order chi connectivity index (χ0) is 36.7. The number of rotatable bonds is 12. The van der Waals surface area contributed by atoms with Gasteiger partial charge in [0.25, 0.3) is 0 Å². The van der Waals surface area contributed by atoms with Crippen LogP contribution in [0.1, 0.15) is 22.3 Å². The van der Waals surface area contributed by atoms with Crippen LogP contribution in [0.25, 0.3) is 18.2 Å². The monoisotopic (exact) mass is 698 g/mol. The highest BCUT2D eigenvalue weighted by atomic mass is 16.7. The third-order valence-corrected chi connectivity index (χ3v) is 7.49. The summed E-state index contributed by atoms with van der Waals surface area (Å²) >= 11 is 0. The van der Waals surface area contributed by atoms with Gasteiger partial charge in [-0.05, 0) is 59.2 Å². The largest absolute Gasteiger partial charge is 0.504 e. The number of aromatic hydroxyl groups is 4. The van der Waals surface area contributed by atoms with E-state index < -0.39 is 54.7 Å². The van der Waals surface area contributed by atoms with Crippen molar-refractivity contribution in [3.05, 3.63) is 76.9 Å². The normalized spacial score (nSPS) is 21.1. The second-order valence-electron chi connectivity index (χ2n) is 10.8. The Bertz CT molecular complexity index is 1780. The molecule has 0 radical (unpaired) electrons. The maximum atomic E-state index is 13.3. The fourth-order valence-electron chi connectivity index (χ4n) is 4.87. The molecule has 16 heteroatoms. The van der Waals surface area contributed by atoms with Crippen LogP contribution in [0.4, 0.5) is 0 Å². The van der Waals surface area contributed by atoms with E-state index in [0.29, 0.717) is 16.7 Å². The van der Waals surface area contributed by atoms with Gasteiger partial charge in [0.05, 0.1) is 14.2 Å². The SMILES string of the molecule is COc1cc(CC(OC(=O)/C=C\c2ccc(O)c(OC)c2/C=C/c2ccc(O)c(O)c2)C(=O)O[C@H]2O[C@H](C(=O)O)[C@@H](O)[C@H](O)[C@H]2O)ccc1O. The molecule has 266 valence electrons. The van der Waals surface area contributed by atoms with Crippen molar-refractivity contribution in [2.45, 2.75) is 43.2 Å². The van der Waals surface area contributed by atoms with Gasteiger partial charge in [-0.15, -0.1) is 0 Å². The van der Waals surface area contributed by atoms with Gasteiger partial charge in [0.2, 0.25) is 12.4 Å². The fraction of sp³-hybridized carbons (Fsp3) is 0.265. The van der Waals surface area contributed by atoms with E-state index in [1.54, 1.807) is 0 Å². The topological polar surface area (TPSA) is 259 Å². The number of carboxylic acid groups (broad SMARTS) is 1. The predicted octanol–water partition coefficient (Wildman–Crippen LogP) is 1.30. The van der Waals surface area contributed by atoms with Crippen LogP contribution in [-0.2, 0) is 35.0 Å². The summed E-state index contributed by atoms with van der Waals surface area (Å²) in [6, 6.07) is 10.8. The van der Waals surface area contributed by atoms with Crippen molar-refractivity contribution in [3.63, 3.8) is 0 Å². The maximum Gasteiger partial charge on any atom is 0.350 e. The first-order chi connectivity index (χ1) is 23.7.